The van der Waals surface area contributed by atoms with Gasteiger partial charge >= 0.3 is 0 Å². The highest BCUT2D eigenvalue weighted by atomic mass is 16.5. The largest absolute Gasteiger partial charge is 0.384 e. The van der Waals surface area contributed by atoms with Crippen molar-refractivity contribution in [1.29, 1.82) is 0 Å². The van der Waals surface area contributed by atoms with Crippen LogP contribution in [0.4, 0.5) is 11.6 Å². The molecule has 0 saturated carbocycles. The number of pyridine rings is 1. The van der Waals surface area contributed by atoms with Gasteiger partial charge in [-0.1, -0.05) is 6.07 Å². The Morgan fingerprint density at radius 2 is 2.43 bits per heavy atom. The van der Waals surface area contributed by atoms with Gasteiger partial charge in [0.2, 0.25) is 0 Å². The smallest absolute Gasteiger partial charge is 0.128 e. The Hall–Kier alpha value is -1.29. The van der Waals surface area contributed by atoms with Crippen LogP contribution in [-0.2, 0) is 4.74 Å². The highest BCUT2D eigenvalue weighted by Gasteiger charge is 2.23. The van der Waals surface area contributed by atoms with E-state index in [4.69, 9.17) is 10.5 Å². The molecule has 0 aliphatic carbocycles. The Kier molecular flexibility index (Phi) is 2.54. The van der Waals surface area contributed by atoms with E-state index in [1.54, 1.807) is 6.07 Å². The molecule has 1 saturated heterocycles. The molecule has 1 aliphatic heterocycles. The third-order valence-electron chi connectivity index (χ3n) is 2.48. The van der Waals surface area contributed by atoms with Crippen LogP contribution in [0.2, 0.25) is 0 Å². The first-order valence-corrected chi connectivity index (χ1v) is 4.86. The molecule has 0 amide bonds. The molecule has 2 atom stereocenters. The molecule has 14 heavy (non-hydrogen) atoms. The van der Waals surface area contributed by atoms with E-state index in [0.717, 1.165) is 18.8 Å². The first-order valence-electron chi connectivity index (χ1n) is 4.86. The van der Waals surface area contributed by atoms with Crippen molar-refractivity contribution in [3.8, 4) is 0 Å². The number of hydrogen-bond donors (Lipinski definition) is 2. The van der Waals surface area contributed by atoms with Gasteiger partial charge in [0.1, 0.15) is 11.6 Å². The van der Waals surface area contributed by atoms with Crippen LogP contribution < -0.4 is 11.1 Å². The Morgan fingerprint density at radius 3 is 3.07 bits per heavy atom. The van der Waals surface area contributed by atoms with Gasteiger partial charge in [0, 0.05) is 6.61 Å². The van der Waals surface area contributed by atoms with Crippen molar-refractivity contribution in [3.63, 3.8) is 0 Å². The number of nitrogen functional groups attached to an aromatic ring is 1. The molecule has 0 spiro atoms. The number of hydrogen-bond acceptors (Lipinski definition) is 4. The molecule has 0 aromatic carbocycles. The average Bonchev–Trinajstić information content (AvgIpc) is 2.52. The van der Waals surface area contributed by atoms with E-state index in [1.165, 1.54) is 0 Å². The lowest BCUT2D eigenvalue weighted by atomic mass is 10.1. The minimum atomic E-state index is 0.248. The lowest BCUT2D eigenvalue weighted by Gasteiger charge is -2.16. The van der Waals surface area contributed by atoms with Gasteiger partial charge in [-0.15, -0.1) is 0 Å². The number of anilines is 2. The zero-order valence-corrected chi connectivity index (χ0v) is 8.23. The number of aromatic nitrogens is 1. The van der Waals surface area contributed by atoms with Crippen molar-refractivity contribution in [3.05, 3.63) is 18.2 Å². The van der Waals surface area contributed by atoms with Crippen LogP contribution in [0.3, 0.4) is 0 Å². The maximum Gasteiger partial charge on any atom is 0.128 e. The third-order valence-corrected chi connectivity index (χ3v) is 2.48. The van der Waals surface area contributed by atoms with E-state index in [0.29, 0.717) is 11.9 Å². The summed E-state index contributed by atoms with van der Waals surface area (Å²) in [7, 11) is 0. The zero-order valence-electron chi connectivity index (χ0n) is 8.23. The predicted molar refractivity (Wildman–Crippen MR) is 56.1 cm³/mol. The summed E-state index contributed by atoms with van der Waals surface area (Å²) in [6.45, 7) is 2.89. The van der Waals surface area contributed by atoms with Gasteiger partial charge < -0.3 is 15.8 Å². The Bertz CT molecular complexity index is 316. The molecule has 1 fully saturated rings. The number of nitrogens with zero attached hydrogens (tertiary/aromatic N) is 1. The lowest BCUT2D eigenvalue weighted by molar-refractivity contribution is 0.121. The van der Waals surface area contributed by atoms with Crippen molar-refractivity contribution >= 4 is 11.6 Å². The van der Waals surface area contributed by atoms with Gasteiger partial charge in [0.15, 0.2) is 0 Å². The number of nitrogens with one attached hydrogen (secondary N) is 1. The summed E-state index contributed by atoms with van der Waals surface area (Å²) in [5.74, 6) is 1.37. The molecule has 2 unspecified atom stereocenters. The number of rotatable bonds is 2. The fourth-order valence-electron chi connectivity index (χ4n) is 1.64. The molecule has 1 aromatic heterocycles. The van der Waals surface area contributed by atoms with Crippen molar-refractivity contribution in [2.45, 2.75) is 25.5 Å². The van der Waals surface area contributed by atoms with E-state index < -0.39 is 0 Å². The summed E-state index contributed by atoms with van der Waals surface area (Å²) in [5, 5.41) is 3.32. The van der Waals surface area contributed by atoms with Gasteiger partial charge in [-0.3, -0.25) is 0 Å². The summed E-state index contributed by atoms with van der Waals surface area (Å²) in [4.78, 5) is 4.18. The van der Waals surface area contributed by atoms with Gasteiger partial charge in [-0.05, 0) is 25.5 Å². The molecule has 0 bridgehead atoms. The van der Waals surface area contributed by atoms with Crippen LogP contribution in [0, 0.1) is 0 Å². The SMILES string of the molecule is CC1OCCC1Nc1cccc(N)n1. The molecule has 1 aromatic rings. The first kappa shape index (κ1) is 9.27. The molecule has 2 rings (SSSR count). The second-order valence-electron chi connectivity index (χ2n) is 3.56. The molecule has 4 heteroatoms. The van der Waals surface area contributed by atoms with Crippen molar-refractivity contribution < 1.29 is 4.74 Å². The van der Waals surface area contributed by atoms with Crippen LogP contribution >= 0.6 is 0 Å². The van der Waals surface area contributed by atoms with Crippen LogP contribution in [0.25, 0.3) is 0 Å². The second kappa shape index (κ2) is 3.84. The van der Waals surface area contributed by atoms with Gasteiger partial charge in [-0.25, -0.2) is 4.98 Å². The Balaban J connectivity index is 2.03. The average molecular weight is 193 g/mol. The Morgan fingerprint density at radius 1 is 1.57 bits per heavy atom. The quantitative estimate of drug-likeness (QED) is 0.742. The standard InChI is InChI=1S/C10H15N3O/c1-7-8(5-6-14-7)12-10-4-2-3-9(11)13-10/h2-4,7-8H,5-6H2,1H3,(H3,11,12,13). The topological polar surface area (TPSA) is 60.2 Å². The fourth-order valence-corrected chi connectivity index (χ4v) is 1.64. The van der Waals surface area contributed by atoms with Crippen LogP contribution in [0.1, 0.15) is 13.3 Å². The molecular weight excluding hydrogens is 178 g/mol. The van der Waals surface area contributed by atoms with E-state index in [-0.39, 0.29) is 6.10 Å². The number of nitrogens with two attached hydrogens (primary N) is 1. The summed E-state index contributed by atoms with van der Waals surface area (Å²) < 4.78 is 5.45. The molecule has 4 nitrogen and oxygen atoms in total. The molecule has 76 valence electrons. The maximum absolute atomic E-state index is 5.59. The number of ether oxygens (including phenoxy) is 1. The van der Waals surface area contributed by atoms with Crippen LogP contribution in [-0.4, -0.2) is 23.7 Å². The summed E-state index contributed by atoms with van der Waals surface area (Å²) in [6.07, 6.45) is 1.27. The molecule has 3 N–H and O–H groups in total. The zero-order chi connectivity index (χ0) is 9.97. The normalized spacial score (nSPS) is 26.4. The van der Waals surface area contributed by atoms with E-state index in [1.807, 2.05) is 12.1 Å². The van der Waals surface area contributed by atoms with E-state index in [2.05, 4.69) is 17.2 Å². The first-order chi connectivity index (χ1) is 6.75. The monoisotopic (exact) mass is 193 g/mol. The minimum Gasteiger partial charge on any atom is -0.384 e. The molecule has 0 radical (unpaired) electrons. The Labute approximate surface area is 83.5 Å². The summed E-state index contributed by atoms with van der Waals surface area (Å²) >= 11 is 0. The predicted octanol–water partition coefficient (Wildman–Crippen LogP) is 1.25. The molecule has 2 heterocycles. The molecular formula is C10H15N3O. The summed E-state index contributed by atoms with van der Waals surface area (Å²) in [5.41, 5.74) is 5.59. The maximum atomic E-state index is 5.59. The third kappa shape index (κ3) is 1.96. The molecule has 1 aliphatic rings. The van der Waals surface area contributed by atoms with Crippen molar-refractivity contribution in [1.82, 2.24) is 4.98 Å². The van der Waals surface area contributed by atoms with E-state index >= 15 is 0 Å². The minimum absolute atomic E-state index is 0.248. The van der Waals surface area contributed by atoms with Crippen LogP contribution in [0.15, 0.2) is 18.2 Å². The highest BCUT2D eigenvalue weighted by Crippen LogP contribution is 2.17. The lowest BCUT2D eigenvalue weighted by Crippen LogP contribution is -2.27. The highest BCUT2D eigenvalue weighted by molar-refractivity contribution is 5.43. The second-order valence-corrected chi connectivity index (χ2v) is 3.56. The van der Waals surface area contributed by atoms with E-state index in [9.17, 15) is 0 Å². The van der Waals surface area contributed by atoms with Gasteiger partial charge in [0.25, 0.3) is 0 Å². The van der Waals surface area contributed by atoms with Crippen LogP contribution in [0.5, 0.6) is 0 Å². The van der Waals surface area contributed by atoms with Crippen molar-refractivity contribution in [2.75, 3.05) is 17.7 Å². The van der Waals surface area contributed by atoms with Gasteiger partial charge in [0.05, 0.1) is 12.1 Å². The van der Waals surface area contributed by atoms with Gasteiger partial charge in [-0.2, -0.15) is 0 Å². The summed E-state index contributed by atoms with van der Waals surface area (Å²) in [6, 6.07) is 5.94. The fraction of sp³-hybridized carbons (Fsp3) is 0.500. The van der Waals surface area contributed by atoms with Crippen molar-refractivity contribution in [2.24, 2.45) is 0 Å².